The number of ketones is 1. The Morgan fingerprint density at radius 1 is 1.36 bits per heavy atom. The molecule has 0 aromatic heterocycles. The molecule has 1 aliphatic carbocycles. The zero-order valence-corrected chi connectivity index (χ0v) is 6.11. The summed E-state index contributed by atoms with van der Waals surface area (Å²) >= 11 is 0. The maximum absolute atomic E-state index is 10.9. The number of carbonyl (C=O) groups is 1. The van der Waals surface area contributed by atoms with Crippen LogP contribution in [0.25, 0.3) is 0 Å². The van der Waals surface area contributed by atoms with E-state index in [1.54, 1.807) is 0 Å². The molecule has 0 aliphatic heterocycles. The molecule has 0 saturated carbocycles. The van der Waals surface area contributed by atoms with Gasteiger partial charge < -0.3 is 15.3 Å². The molecule has 0 saturated heterocycles. The summed E-state index contributed by atoms with van der Waals surface area (Å²) in [5.41, 5.74) is -1.55. The van der Waals surface area contributed by atoms with Gasteiger partial charge in [-0.05, 0) is 19.1 Å². The summed E-state index contributed by atoms with van der Waals surface area (Å²) in [5.74, 6) is -2.68. The van der Waals surface area contributed by atoms with Crippen LogP contribution in [0.2, 0.25) is 0 Å². The van der Waals surface area contributed by atoms with Crippen LogP contribution in [-0.4, -0.2) is 32.5 Å². The molecule has 4 nitrogen and oxygen atoms in total. The molecular formula is C7H10O4. The van der Waals surface area contributed by atoms with Crippen molar-refractivity contribution in [2.75, 3.05) is 0 Å². The lowest BCUT2D eigenvalue weighted by atomic mass is 9.88. The van der Waals surface area contributed by atoms with Gasteiger partial charge in [-0.1, -0.05) is 0 Å². The van der Waals surface area contributed by atoms with E-state index in [2.05, 4.69) is 0 Å². The topological polar surface area (TPSA) is 77.8 Å². The van der Waals surface area contributed by atoms with Crippen molar-refractivity contribution in [3.05, 3.63) is 12.2 Å². The molecule has 0 radical (unpaired) electrons. The molecule has 0 aromatic rings. The number of hydrogen-bond donors (Lipinski definition) is 3. The highest BCUT2D eigenvalue weighted by Gasteiger charge is 2.38. The number of rotatable bonds is 0. The van der Waals surface area contributed by atoms with Gasteiger partial charge in [-0.25, -0.2) is 0 Å². The molecule has 0 heterocycles. The van der Waals surface area contributed by atoms with Gasteiger partial charge in [-0.15, -0.1) is 0 Å². The van der Waals surface area contributed by atoms with E-state index < -0.39 is 23.6 Å². The molecule has 0 spiro atoms. The Hall–Kier alpha value is -0.710. The maximum atomic E-state index is 10.9. The number of Topliss-reactive ketones (excluding diaryl/α,β-unsaturated/α-hetero) is 1. The lowest BCUT2D eigenvalue weighted by Crippen LogP contribution is -2.44. The van der Waals surface area contributed by atoms with E-state index in [9.17, 15) is 9.90 Å². The van der Waals surface area contributed by atoms with Gasteiger partial charge in [0.15, 0.2) is 11.6 Å². The van der Waals surface area contributed by atoms with E-state index in [-0.39, 0.29) is 0 Å². The highest BCUT2D eigenvalue weighted by molar-refractivity contribution is 5.90. The minimum absolute atomic E-state index is 0.462. The highest BCUT2D eigenvalue weighted by Crippen LogP contribution is 2.23. The lowest BCUT2D eigenvalue weighted by Gasteiger charge is -2.28. The monoisotopic (exact) mass is 158 g/mol. The van der Waals surface area contributed by atoms with E-state index in [1.165, 1.54) is 6.92 Å². The average Bonchev–Trinajstić information content (AvgIpc) is 1.81. The zero-order valence-electron chi connectivity index (χ0n) is 6.11. The minimum Gasteiger partial charge on any atom is -0.378 e. The van der Waals surface area contributed by atoms with Crippen molar-refractivity contribution < 1.29 is 20.1 Å². The van der Waals surface area contributed by atoms with Crippen molar-refractivity contribution in [2.45, 2.75) is 24.7 Å². The van der Waals surface area contributed by atoms with Crippen molar-refractivity contribution in [2.24, 2.45) is 0 Å². The quantitative estimate of drug-likeness (QED) is 0.310. The third kappa shape index (κ3) is 1.65. The van der Waals surface area contributed by atoms with E-state index in [1.807, 2.05) is 0 Å². The van der Waals surface area contributed by atoms with Crippen LogP contribution in [-0.2, 0) is 4.79 Å². The first kappa shape index (κ1) is 8.39. The second-order valence-electron chi connectivity index (χ2n) is 2.96. The molecule has 1 unspecified atom stereocenters. The smallest absolute Gasteiger partial charge is 0.189 e. The molecule has 0 fully saturated rings. The predicted octanol–water partition coefficient (Wildman–Crippen LogP) is -1.05. The van der Waals surface area contributed by atoms with Crippen molar-refractivity contribution in [3.63, 3.8) is 0 Å². The van der Waals surface area contributed by atoms with Gasteiger partial charge in [0.1, 0.15) is 5.60 Å². The van der Waals surface area contributed by atoms with Crippen molar-refractivity contribution in [1.29, 1.82) is 0 Å². The first-order valence-corrected chi connectivity index (χ1v) is 3.24. The van der Waals surface area contributed by atoms with Crippen molar-refractivity contribution in [1.82, 2.24) is 0 Å². The Morgan fingerprint density at radius 3 is 2.27 bits per heavy atom. The Morgan fingerprint density at radius 2 is 1.91 bits per heavy atom. The van der Waals surface area contributed by atoms with Gasteiger partial charge in [0, 0.05) is 0 Å². The molecule has 0 amide bonds. The Bertz CT molecular complexity index is 214. The summed E-state index contributed by atoms with van der Waals surface area (Å²) < 4.78 is 0. The first-order chi connectivity index (χ1) is 4.83. The molecule has 1 atom stereocenters. The van der Waals surface area contributed by atoms with Gasteiger partial charge >= 0.3 is 0 Å². The lowest BCUT2D eigenvalue weighted by molar-refractivity contribution is -0.160. The SMILES string of the molecule is CC1(O)C=CC(O)(O)CC1=O. The van der Waals surface area contributed by atoms with Gasteiger partial charge in [0.05, 0.1) is 6.42 Å². The molecule has 11 heavy (non-hydrogen) atoms. The second kappa shape index (κ2) is 2.14. The third-order valence-electron chi connectivity index (χ3n) is 1.66. The highest BCUT2D eigenvalue weighted by atomic mass is 16.5. The minimum atomic E-state index is -2.08. The summed E-state index contributed by atoms with van der Waals surface area (Å²) in [5, 5.41) is 27.0. The van der Waals surface area contributed by atoms with Gasteiger partial charge in [0.25, 0.3) is 0 Å². The number of hydrogen-bond acceptors (Lipinski definition) is 4. The van der Waals surface area contributed by atoms with Crippen LogP contribution in [0.3, 0.4) is 0 Å². The standard InChI is InChI=1S/C7H10O4/c1-6(9)2-3-7(10,11)4-5(6)8/h2-3,9-11H,4H2,1H3. The molecule has 62 valence electrons. The van der Waals surface area contributed by atoms with E-state index in [0.29, 0.717) is 0 Å². The van der Waals surface area contributed by atoms with E-state index in [0.717, 1.165) is 12.2 Å². The Labute approximate surface area is 63.8 Å². The summed E-state index contributed by atoms with van der Waals surface area (Å²) in [6.07, 6.45) is 1.63. The average molecular weight is 158 g/mol. The number of carbonyl (C=O) groups excluding carboxylic acids is 1. The van der Waals surface area contributed by atoms with Crippen molar-refractivity contribution >= 4 is 5.78 Å². The maximum Gasteiger partial charge on any atom is 0.189 e. The van der Waals surface area contributed by atoms with Crippen LogP contribution in [0.5, 0.6) is 0 Å². The van der Waals surface area contributed by atoms with Gasteiger partial charge in [0.2, 0.25) is 0 Å². The molecule has 0 bridgehead atoms. The molecule has 1 aliphatic rings. The first-order valence-electron chi connectivity index (χ1n) is 3.24. The molecule has 0 aromatic carbocycles. The fourth-order valence-electron chi connectivity index (χ4n) is 0.863. The summed E-state index contributed by atoms with van der Waals surface area (Å²) in [6.45, 7) is 1.31. The van der Waals surface area contributed by atoms with Crippen LogP contribution < -0.4 is 0 Å². The van der Waals surface area contributed by atoms with Crippen LogP contribution in [0.4, 0.5) is 0 Å². The predicted molar refractivity (Wildman–Crippen MR) is 36.6 cm³/mol. The van der Waals surface area contributed by atoms with E-state index in [4.69, 9.17) is 10.2 Å². The Balaban J connectivity index is 2.93. The van der Waals surface area contributed by atoms with Gasteiger partial charge in [-0.3, -0.25) is 4.79 Å². The molecule has 3 N–H and O–H groups in total. The molecule has 1 rings (SSSR count). The van der Waals surface area contributed by atoms with Gasteiger partial charge in [-0.2, -0.15) is 0 Å². The summed E-state index contributed by atoms with van der Waals surface area (Å²) in [4.78, 5) is 10.9. The summed E-state index contributed by atoms with van der Waals surface area (Å²) in [7, 11) is 0. The van der Waals surface area contributed by atoms with Crippen molar-refractivity contribution in [3.8, 4) is 0 Å². The third-order valence-corrected chi connectivity index (χ3v) is 1.66. The molecular weight excluding hydrogens is 148 g/mol. The van der Waals surface area contributed by atoms with Crippen LogP contribution >= 0.6 is 0 Å². The normalized spacial score (nSPS) is 35.8. The fourth-order valence-corrected chi connectivity index (χ4v) is 0.863. The van der Waals surface area contributed by atoms with Crippen LogP contribution in [0.1, 0.15) is 13.3 Å². The number of aliphatic hydroxyl groups is 3. The largest absolute Gasteiger partial charge is 0.378 e. The fraction of sp³-hybridized carbons (Fsp3) is 0.571. The van der Waals surface area contributed by atoms with E-state index >= 15 is 0 Å². The van der Waals surface area contributed by atoms with Crippen LogP contribution in [0.15, 0.2) is 12.2 Å². The Kier molecular flexibility index (Phi) is 1.63. The molecule has 4 heteroatoms. The zero-order chi connectivity index (χ0) is 8.70. The summed E-state index contributed by atoms with van der Waals surface area (Å²) in [6, 6.07) is 0. The van der Waals surface area contributed by atoms with Crippen LogP contribution in [0, 0.1) is 0 Å². The second-order valence-corrected chi connectivity index (χ2v) is 2.96.